The molecule has 3 heterocycles. The molecule has 4 unspecified atom stereocenters. The third-order valence-corrected chi connectivity index (χ3v) is 5.98. The van der Waals surface area contributed by atoms with Crippen LogP contribution in [0.5, 0.6) is 0 Å². The lowest BCUT2D eigenvalue weighted by molar-refractivity contribution is -0.518. The molecule has 3 saturated heterocycles. The van der Waals surface area contributed by atoms with E-state index in [1.807, 2.05) is 0 Å². The minimum atomic E-state index is -5.39. The van der Waals surface area contributed by atoms with Crippen LogP contribution >= 0.6 is 0 Å². The third kappa shape index (κ3) is 21.8. The number of aliphatic hydroxyl groups is 2. The molecule has 0 radical (unpaired) electrons. The van der Waals surface area contributed by atoms with Gasteiger partial charge < -0.3 is 52.8 Å². The molecule has 0 aromatic carbocycles. The van der Waals surface area contributed by atoms with Crippen LogP contribution in [0.2, 0.25) is 0 Å². The van der Waals surface area contributed by atoms with Gasteiger partial charge in [-0.05, 0) is 38.5 Å². The van der Waals surface area contributed by atoms with Crippen LogP contribution in [-0.2, 0) is 52.1 Å². The summed E-state index contributed by atoms with van der Waals surface area (Å²) in [6, 6.07) is 0. The van der Waals surface area contributed by atoms with E-state index in [-0.39, 0.29) is 32.4 Å². The second kappa shape index (κ2) is 22.6. The van der Waals surface area contributed by atoms with Gasteiger partial charge in [-0.2, -0.15) is 17.6 Å². The summed E-state index contributed by atoms with van der Waals surface area (Å²) in [4.78, 5) is 0. The molecule has 0 saturated carbocycles. The Morgan fingerprint density at radius 3 is 1.67 bits per heavy atom. The fourth-order valence-electron chi connectivity index (χ4n) is 3.81. The summed E-state index contributed by atoms with van der Waals surface area (Å²) in [5.74, 6) is 0. The Morgan fingerprint density at radius 2 is 1.17 bits per heavy atom. The molecule has 4 atom stereocenters. The summed E-state index contributed by atoms with van der Waals surface area (Å²) < 4.78 is 131. The van der Waals surface area contributed by atoms with Crippen LogP contribution in [0.4, 0.5) is 26.3 Å². The average molecular weight is 693 g/mol. The predicted molar refractivity (Wildman–Crippen MR) is 142 cm³/mol. The van der Waals surface area contributed by atoms with Gasteiger partial charge in [0.05, 0.1) is 66.1 Å². The van der Waals surface area contributed by atoms with Gasteiger partial charge in [-0.15, -0.1) is 8.78 Å². The lowest BCUT2D eigenvalue weighted by Gasteiger charge is -2.26. The largest absolute Gasteiger partial charge is 0.495 e. The van der Waals surface area contributed by atoms with Crippen molar-refractivity contribution in [1.82, 2.24) is 0 Å². The Labute approximate surface area is 263 Å². The molecule has 274 valence electrons. The molecule has 0 aliphatic carbocycles. The first kappa shape index (κ1) is 41.2. The van der Waals surface area contributed by atoms with Gasteiger partial charge >= 0.3 is 18.5 Å². The molecule has 3 aliphatic heterocycles. The minimum absolute atomic E-state index is 0.00419. The quantitative estimate of drug-likeness (QED) is 0.0663. The molecular weight excluding hydrogens is 646 g/mol. The number of ether oxygens (including phenoxy) is 11. The highest BCUT2D eigenvalue weighted by Gasteiger charge is 2.52. The van der Waals surface area contributed by atoms with Gasteiger partial charge in [-0.3, -0.25) is 0 Å². The minimum Gasteiger partial charge on any atom is -0.394 e. The highest BCUT2D eigenvalue weighted by atomic mass is 19.3. The van der Waals surface area contributed by atoms with Crippen molar-refractivity contribution in [2.24, 2.45) is 0 Å². The molecule has 3 rings (SSSR count). The lowest BCUT2D eigenvalue weighted by Crippen LogP contribution is -2.44. The van der Waals surface area contributed by atoms with Crippen molar-refractivity contribution in [3.8, 4) is 0 Å². The number of hydrogen-bond donors (Lipinski definition) is 2. The lowest BCUT2D eigenvalue weighted by atomic mass is 10.2. The molecule has 0 aromatic rings. The standard InChI is InChI=1S/C17H28F6O9.C10H18O4/c18-15(19,11-27-6-4-24)31-17(22,23)32-16(20,21)12-28-10-13(25)9-26-7-8-30-14-3-1-2-5-29-14;1-2-4-12-10(3-1)13-6-5-11-7-9-8-14-9/h13-14,24-25H,1-12H2;9-10H,1-8H2. The molecule has 3 fully saturated rings. The Hall–Kier alpha value is -0.940. The zero-order valence-corrected chi connectivity index (χ0v) is 25.6. The van der Waals surface area contributed by atoms with Crippen molar-refractivity contribution in [3.63, 3.8) is 0 Å². The highest BCUT2D eigenvalue weighted by Crippen LogP contribution is 2.33. The highest BCUT2D eigenvalue weighted by molar-refractivity contribution is 4.67. The summed E-state index contributed by atoms with van der Waals surface area (Å²) in [6.07, 6.45) is -10.0. The Balaban J connectivity index is 0.000000432. The Bertz CT molecular complexity index is 758. The van der Waals surface area contributed by atoms with E-state index in [1.165, 1.54) is 6.42 Å². The van der Waals surface area contributed by atoms with Crippen molar-refractivity contribution in [2.75, 3.05) is 92.5 Å². The van der Waals surface area contributed by atoms with Crippen molar-refractivity contribution in [1.29, 1.82) is 0 Å². The summed E-state index contributed by atoms with van der Waals surface area (Å²) in [7, 11) is 0. The third-order valence-electron chi connectivity index (χ3n) is 5.98. The fourth-order valence-corrected chi connectivity index (χ4v) is 3.81. The molecule has 2 N–H and O–H groups in total. The monoisotopic (exact) mass is 692 g/mol. The van der Waals surface area contributed by atoms with Crippen LogP contribution in [0.1, 0.15) is 38.5 Å². The predicted octanol–water partition coefficient (Wildman–Crippen LogP) is 2.65. The second-order valence-electron chi connectivity index (χ2n) is 10.3. The molecule has 0 aromatic heterocycles. The SMILES string of the molecule is C1CCC(OCCOCC2CO2)OC1.OCCOCC(F)(F)OC(F)(F)OC(F)(F)COCC(O)COCCOC1CCCCO1. The van der Waals surface area contributed by atoms with Crippen LogP contribution in [0.25, 0.3) is 0 Å². The van der Waals surface area contributed by atoms with Crippen molar-refractivity contribution in [2.45, 2.75) is 81.8 Å². The van der Waals surface area contributed by atoms with Crippen LogP contribution in [0.15, 0.2) is 0 Å². The van der Waals surface area contributed by atoms with Crippen molar-refractivity contribution < 1.29 is 88.7 Å². The van der Waals surface area contributed by atoms with Crippen LogP contribution in [0, 0.1) is 0 Å². The normalized spacial score (nSPS) is 23.1. The number of alkyl halides is 6. The van der Waals surface area contributed by atoms with E-state index in [0.29, 0.717) is 32.5 Å². The van der Waals surface area contributed by atoms with Gasteiger partial charge in [-0.25, -0.2) is 9.47 Å². The van der Waals surface area contributed by atoms with Crippen LogP contribution < -0.4 is 0 Å². The number of rotatable bonds is 24. The number of aliphatic hydroxyl groups excluding tert-OH is 2. The second-order valence-corrected chi connectivity index (χ2v) is 10.3. The smallest absolute Gasteiger partial charge is 0.394 e. The Morgan fingerprint density at radius 1 is 0.652 bits per heavy atom. The van der Waals surface area contributed by atoms with E-state index in [0.717, 1.165) is 45.3 Å². The molecule has 13 nitrogen and oxygen atoms in total. The zero-order chi connectivity index (χ0) is 33.7. The summed E-state index contributed by atoms with van der Waals surface area (Å²) in [5, 5.41) is 17.9. The summed E-state index contributed by atoms with van der Waals surface area (Å²) in [5.41, 5.74) is 0. The van der Waals surface area contributed by atoms with E-state index >= 15 is 0 Å². The maximum absolute atomic E-state index is 13.4. The summed E-state index contributed by atoms with van der Waals surface area (Å²) in [6.45, 7) is -1.32. The molecule has 0 spiro atoms. The van der Waals surface area contributed by atoms with Gasteiger partial charge in [0.2, 0.25) is 0 Å². The Kier molecular flexibility index (Phi) is 20.3. The molecule has 19 heteroatoms. The first-order valence-corrected chi connectivity index (χ1v) is 15.1. The molecule has 0 bridgehead atoms. The van der Waals surface area contributed by atoms with E-state index in [4.69, 9.17) is 38.3 Å². The van der Waals surface area contributed by atoms with Gasteiger partial charge in [0.1, 0.15) is 25.4 Å². The fraction of sp³-hybridized carbons (Fsp3) is 1.00. The van der Waals surface area contributed by atoms with E-state index in [9.17, 15) is 31.4 Å². The van der Waals surface area contributed by atoms with Crippen molar-refractivity contribution in [3.05, 3.63) is 0 Å². The molecule has 3 aliphatic rings. The first-order valence-electron chi connectivity index (χ1n) is 15.1. The number of hydrogen-bond acceptors (Lipinski definition) is 13. The van der Waals surface area contributed by atoms with Crippen LogP contribution in [-0.4, -0.2) is 146 Å². The van der Waals surface area contributed by atoms with E-state index < -0.39 is 57.7 Å². The number of halogens is 6. The average Bonchev–Trinajstić information content (AvgIpc) is 3.81. The maximum Gasteiger partial charge on any atom is 0.495 e. The number of epoxide rings is 1. The van der Waals surface area contributed by atoms with Gasteiger partial charge in [0, 0.05) is 13.2 Å². The topological polar surface area (TPSA) is 145 Å². The van der Waals surface area contributed by atoms with Crippen LogP contribution in [0.3, 0.4) is 0 Å². The molecule has 0 amide bonds. The van der Waals surface area contributed by atoms with E-state index in [2.05, 4.69) is 18.9 Å². The van der Waals surface area contributed by atoms with E-state index in [1.54, 1.807) is 0 Å². The maximum atomic E-state index is 13.4. The summed E-state index contributed by atoms with van der Waals surface area (Å²) >= 11 is 0. The van der Waals surface area contributed by atoms with Crippen molar-refractivity contribution >= 4 is 0 Å². The molecular formula is C27H46F6O13. The molecule has 46 heavy (non-hydrogen) atoms. The van der Waals surface area contributed by atoms with Gasteiger partial charge in [0.15, 0.2) is 12.6 Å². The van der Waals surface area contributed by atoms with Gasteiger partial charge in [-0.1, -0.05) is 0 Å². The van der Waals surface area contributed by atoms with Gasteiger partial charge in [0.25, 0.3) is 0 Å². The zero-order valence-electron chi connectivity index (χ0n) is 25.6. The first-order chi connectivity index (χ1) is 21.9.